The second-order valence-electron chi connectivity index (χ2n) is 3.37. The van der Waals surface area contributed by atoms with Gasteiger partial charge in [0.15, 0.2) is 5.43 Å². The van der Waals surface area contributed by atoms with E-state index in [1.807, 2.05) is 0 Å². The lowest BCUT2D eigenvalue weighted by molar-refractivity contribution is -0.256. The first-order valence-corrected chi connectivity index (χ1v) is 4.59. The Morgan fingerprint density at radius 3 is 2.41 bits per heavy atom. The number of carbonyl (C=O) groups excluding carboxylic acids is 2. The number of H-pyrrole nitrogens is 1. The van der Waals surface area contributed by atoms with Gasteiger partial charge in [0.05, 0.1) is 17.5 Å². The van der Waals surface area contributed by atoms with Gasteiger partial charge >= 0.3 is 0 Å². The summed E-state index contributed by atoms with van der Waals surface area (Å²) in [5, 5.41) is 21.3. The zero-order valence-corrected chi connectivity index (χ0v) is 8.35. The number of rotatable bonds is 2. The van der Waals surface area contributed by atoms with Crippen LogP contribution in [0.2, 0.25) is 0 Å². The molecule has 1 aromatic heterocycles. The van der Waals surface area contributed by atoms with Gasteiger partial charge in [-0.1, -0.05) is 6.07 Å². The van der Waals surface area contributed by atoms with Crippen LogP contribution in [0.25, 0.3) is 10.9 Å². The van der Waals surface area contributed by atoms with Gasteiger partial charge in [0.25, 0.3) is 0 Å². The van der Waals surface area contributed by atoms with Gasteiger partial charge in [0.2, 0.25) is 0 Å². The van der Waals surface area contributed by atoms with Crippen molar-refractivity contribution < 1.29 is 19.8 Å². The number of pyridine rings is 1. The molecule has 6 heteroatoms. The van der Waals surface area contributed by atoms with Crippen molar-refractivity contribution in [1.29, 1.82) is 0 Å². The van der Waals surface area contributed by atoms with Crippen LogP contribution >= 0.6 is 0 Å². The van der Waals surface area contributed by atoms with E-state index in [0.29, 0.717) is 0 Å². The molecule has 2 rings (SSSR count). The van der Waals surface area contributed by atoms with Crippen molar-refractivity contribution in [1.82, 2.24) is 4.98 Å². The molecule has 0 saturated heterocycles. The minimum atomic E-state index is -1.59. The third-order valence-electron chi connectivity index (χ3n) is 2.34. The summed E-state index contributed by atoms with van der Waals surface area (Å²) in [6, 6.07) is 3.60. The average Bonchev–Trinajstić information content (AvgIpc) is 2.28. The maximum absolute atomic E-state index is 11.6. The first-order valence-electron chi connectivity index (χ1n) is 4.59. The van der Waals surface area contributed by atoms with Gasteiger partial charge in [-0.25, -0.2) is 0 Å². The highest BCUT2D eigenvalue weighted by Crippen LogP contribution is 2.10. The van der Waals surface area contributed by atoms with Gasteiger partial charge in [-0.15, -0.1) is 0 Å². The quantitative estimate of drug-likeness (QED) is 0.658. The summed E-state index contributed by atoms with van der Waals surface area (Å²) in [7, 11) is 0. The summed E-state index contributed by atoms with van der Waals surface area (Å²) in [6.07, 6.45) is 0.971. The van der Waals surface area contributed by atoms with Crippen LogP contribution in [-0.2, 0) is 0 Å². The lowest BCUT2D eigenvalue weighted by Gasteiger charge is -2.06. The fraction of sp³-hybridized carbons (Fsp3) is 0. The molecule has 0 spiro atoms. The van der Waals surface area contributed by atoms with Crippen molar-refractivity contribution in [3.63, 3.8) is 0 Å². The smallest absolute Gasteiger partial charge is 0.198 e. The van der Waals surface area contributed by atoms with Crippen LogP contribution in [0.4, 0.5) is 0 Å². The molecule has 0 atom stereocenters. The number of aromatic carboxylic acids is 2. The Labute approximate surface area is 94.1 Å². The van der Waals surface area contributed by atoms with Crippen LogP contribution in [0, 0.1) is 0 Å². The highest BCUT2D eigenvalue weighted by Gasteiger charge is 2.06. The molecule has 0 bridgehead atoms. The third kappa shape index (κ3) is 1.76. The molecule has 0 amide bonds. The molecule has 17 heavy (non-hydrogen) atoms. The van der Waals surface area contributed by atoms with Crippen molar-refractivity contribution in [2.75, 3.05) is 0 Å². The molecular formula is C11H5NO5-2. The lowest BCUT2D eigenvalue weighted by Crippen LogP contribution is -2.29. The van der Waals surface area contributed by atoms with E-state index in [1.54, 1.807) is 0 Å². The van der Waals surface area contributed by atoms with Gasteiger partial charge in [-0.2, -0.15) is 0 Å². The van der Waals surface area contributed by atoms with Crippen molar-refractivity contribution in [3.8, 4) is 0 Å². The largest absolute Gasteiger partial charge is 0.545 e. The molecule has 1 N–H and O–H groups in total. The highest BCUT2D eigenvalue weighted by molar-refractivity contribution is 5.94. The number of nitrogens with one attached hydrogen (secondary N) is 1. The zero-order chi connectivity index (χ0) is 12.6. The van der Waals surface area contributed by atoms with Crippen molar-refractivity contribution in [2.24, 2.45) is 0 Å². The fourth-order valence-corrected chi connectivity index (χ4v) is 1.50. The Balaban J connectivity index is 2.77. The second-order valence-corrected chi connectivity index (χ2v) is 3.37. The van der Waals surface area contributed by atoms with Crippen LogP contribution in [0.15, 0.2) is 29.2 Å². The van der Waals surface area contributed by atoms with E-state index in [4.69, 9.17) is 0 Å². The van der Waals surface area contributed by atoms with Crippen molar-refractivity contribution in [2.45, 2.75) is 0 Å². The zero-order valence-electron chi connectivity index (χ0n) is 8.35. The first-order chi connectivity index (χ1) is 8.00. The van der Waals surface area contributed by atoms with Crippen molar-refractivity contribution >= 4 is 22.8 Å². The number of carboxylic acid groups (broad SMARTS) is 2. The lowest BCUT2D eigenvalue weighted by atomic mass is 10.1. The molecule has 1 aromatic carbocycles. The number of carboxylic acids is 2. The molecule has 0 aliphatic carbocycles. The predicted molar refractivity (Wildman–Crippen MR) is 53.2 cm³/mol. The summed E-state index contributed by atoms with van der Waals surface area (Å²) < 4.78 is 0. The SMILES string of the molecule is O=C([O-])c1ccc2c(=O)c(C(=O)[O-])c[nH]c2c1. The summed E-state index contributed by atoms with van der Waals surface area (Å²) in [4.78, 5) is 35.4. The number of hydrogen-bond acceptors (Lipinski definition) is 5. The van der Waals surface area contributed by atoms with E-state index in [1.165, 1.54) is 18.2 Å². The van der Waals surface area contributed by atoms with Crippen LogP contribution in [0.5, 0.6) is 0 Å². The molecule has 1 heterocycles. The first kappa shape index (κ1) is 10.9. The van der Waals surface area contributed by atoms with E-state index < -0.39 is 22.9 Å². The molecule has 2 aromatic rings. The topological polar surface area (TPSA) is 113 Å². The molecule has 0 aliphatic heterocycles. The van der Waals surface area contributed by atoms with E-state index >= 15 is 0 Å². The number of benzene rings is 1. The van der Waals surface area contributed by atoms with Gasteiger partial charge in [-0.05, 0) is 17.7 Å². The minimum Gasteiger partial charge on any atom is -0.545 e. The summed E-state index contributed by atoms with van der Waals surface area (Å²) in [5.41, 5.74) is -1.10. The molecule has 0 unspecified atom stereocenters. The van der Waals surface area contributed by atoms with Crippen LogP contribution in [0.1, 0.15) is 20.7 Å². The van der Waals surface area contributed by atoms with Gasteiger partial charge in [0.1, 0.15) is 0 Å². The van der Waals surface area contributed by atoms with Gasteiger partial charge in [-0.3, -0.25) is 4.79 Å². The maximum Gasteiger partial charge on any atom is 0.198 e. The molecule has 0 radical (unpaired) electrons. The molecule has 86 valence electrons. The van der Waals surface area contributed by atoms with E-state index in [2.05, 4.69) is 4.98 Å². The molecular weight excluding hydrogens is 226 g/mol. The number of fused-ring (bicyclic) bond motifs is 1. The second kappa shape index (κ2) is 3.75. The average molecular weight is 231 g/mol. The van der Waals surface area contributed by atoms with Crippen LogP contribution < -0.4 is 15.6 Å². The van der Waals surface area contributed by atoms with Crippen LogP contribution in [0.3, 0.4) is 0 Å². The number of aromatic amines is 1. The Morgan fingerprint density at radius 2 is 1.82 bits per heavy atom. The minimum absolute atomic E-state index is 0.0803. The standard InChI is InChI=1S/C11H7NO5/c13-9-6-2-1-5(10(14)15)3-8(6)12-4-7(9)11(16)17/h1-4H,(H,12,13)(H,14,15)(H,16,17)/p-2. The molecule has 6 nitrogen and oxygen atoms in total. The molecule has 0 saturated carbocycles. The maximum atomic E-state index is 11.6. The Morgan fingerprint density at radius 1 is 1.12 bits per heavy atom. The van der Waals surface area contributed by atoms with Crippen LogP contribution in [-0.4, -0.2) is 16.9 Å². The monoisotopic (exact) mass is 231 g/mol. The van der Waals surface area contributed by atoms with Crippen molar-refractivity contribution in [3.05, 3.63) is 45.7 Å². The van der Waals surface area contributed by atoms with Gasteiger partial charge < -0.3 is 24.8 Å². The molecule has 0 aliphatic rings. The third-order valence-corrected chi connectivity index (χ3v) is 2.34. The highest BCUT2D eigenvalue weighted by atomic mass is 16.4. The van der Waals surface area contributed by atoms with E-state index in [9.17, 15) is 24.6 Å². The normalized spacial score (nSPS) is 10.4. The Bertz CT molecular complexity index is 686. The predicted octanol–water partition coefficient (Wildman–Crippen LogP) is -1.74. The number of hydrogen-bond donors (Lipinski definition) is 1. The fourth-order valence-electron chi connectivity index (χ4n) is 1.50. The number of carbonyl (C=O) groups is 2. The Hall–Kier alpha value is -2.63. The number of aromatic nitrogens is 1. The van der Waals surface area contributed by atoms with E-state index in [0.717, 1.165) is 6.20 Å². The summed E-state index contributed by atoms with van der Waals surface area (Å²) in [5.74, 6) is -2.96. The summed E-state index contributed by atoms with van der Waals surface area (Å²) in [6.45, 7) is 0. The van der Waals surface area contributed by atoms with E-state index in [-0.39, 0.29) is 16.5 Å². The van der Waals surface area contributed by atoms with Gasteiger partial charge in [0, 0.05) is 17.1 Å². The Kier molecular flexibility index (Phi) is 2.40. The summed E-state index contributed by atoms with van der Waals surface area (Å²) >= 11 is 0. The molecule has 0 fully saturated rings.